The highest BCUT2D eigenvalue weighted by Gasteiger charge is 2.17. The van der Waals surface area contributed by atoms with Gasteiger partial charge in [-0.2, -0.15) is 0 Å². The van der Waals surface area contributed by atoms with Gasteiger partial charge in [0.1, 0.15) is 0 Å². The molecule has 1 heterocycles. The van der Waals surface area contributed by atoms with E-state index >= 15 is 0 Å². The Morgan fingerprint density at radius 2 is 2.14 bits per heavy atom. The minimum Gasteiger partial charge on any atom is -0.311 e. The van der Waals surface area contributed by atoms with E-state index in [9.17, 15) is 0 Å². The lowest BCUT2D eigenvalue weighted by Gasteiger charge is -2.29. The van der Waals surface area contributed by atoms with Crippen LogP contribution in [0.2, 0.25) is 0 Å². The van der Waals surface area contributed by atoms with E-state index in [2.05, 4.69) is 61.6 Å². The largest absolute Gasteiger partial charge is 0.311 e. The summed E-state index contributed by atoms with van der Waals surface area (Å²) in [5.74, 6) is 0. The molecule has 1 aliphatic rings. The second-order valence-corrected chi connectivity index (χ2v) is 5.07. The molecule has 1 atom stereocenters. The van der Waals surface area contributed by atoms with Crippen molar-refractivity contribution in [2.75, 3.05) is 19.6 Å². The fourth-order valence-electron chi connectivity index (χ4n) is 1.82. The number of nitrogens with zero attached hydrogens (tertiary/aromatic N) is 1. The fourth-order valence-corrected chi connectivity index (χ4v) is 2.54. The van der Waals surface area contributed by atoms with E-state index in [0.717, 1.165) is 26.1 Å². The third-order valence-electron chi connectivity index (χ3n) is 2.53. The van der Waals surface area contributed by atoms with Crippen LogP contribution in [0.5, 0.6) is 0 Å². The summed E-state index contributed by atoms with van der Waals surface area (Å²) >= 11 is 2.41. The van der Waals surface area contributed by atoms with Crippen molar-refractivity contribution in [3.63, 3.8) is 0 Å². The smallest absolute Gasteiger partial charge is 0.0244 e. The van der Waals surface area contributed by atoms with Crippen molar-refractivity contribution in [1.29, 1.82) is 0 Å². The summed E-state index contributed by atoms with van der Waals surface area (Å²) < 4.78 is 2.36. The van der Waals surface area contributed by atoms with Gasteiger partial charge >= 0.3 is 0 Å². The van der Waals surface area contributed by atoms with E-state index in [1.165, 1.54) is 5.56 Å². The third kappa shape index (κ3) is 2.93. The molecule has 14 heavy (non-hydrogen) atoms. The highest BCUT2D eigenvalue weighted by molar-refractivity contribution is 14.1. The third-order valence-corrected chi connectivity index (χ3v) is 3.41. The van der Waals surface area contributed by atoms with Crippen LogP contribution >= 0.6 is 22.9 Å². The van der Waals surface area contributed by atoms with Crippen LogP contribution in [0, 0.1) is 0 Å². The second-order valence-electron chi connectivity index (χ2n) is 3.71. The van der Waals surface area contributed by atoms with Crippen molar-refractivity contribution in [3.8, 4) is 0 Å². The maximum Gasteiger partial charge on any atom is 0.0244 e. The predicted molar refractivity (Wildman–Crippen MR) is 67.5 cm³/mol. The van der Waals surface area contributed by atoms with Crippen LogP contribution in [-0.4, -0.2) is 28.8 Å². The molecule has 1 saturated heterocycles. The summed E-state index contributed by atoms with van der Waals surface area (Å²) in [6.07, 6.45) is 1.14. The average Bonchev–Trinajstić information content (AvgIpc) is 2.19. The Morgan fingerprint density at radius 3 is 2.86 bits per heavy atom. The van der Waals surface area contributed by atoms with Gasteiger partial charge in [0.2, 0.25) is 0 Å². The Labute approximate surface area is 99.2 Å². The molecule has 76 valence electrons. The number of hydrogen-bond donors (Lipinski definition) is 1. The zero-order chi connectivity index (χ0) is 9.80. The lowest BCUT2D eigenvalue weighted by molar-refractivity contribution is 0.338. The summed E-state index contributed by atoms with van der Waals surface area (Å²) in [4.78, 5) is 0. The van der Waals surface area contributed by atoms with Gasteiger partial charge in [0.15, 0.2) is 0 Å². The van der Waals surface area contributed by atoms with Crippen LogP contribution < -0.4 is 5.32 Å². The van der Waals surface area contributed by atoms with Crippen LogP contribution in [0.25, 0.3) is 0 Å². The van der Waals surface area contributed by atoms with Gasteiger partial charge in [-0.3, -0.25) is 0 Å². The highest BCUT2D eigenvalue weighted by Crippen LogP contribution is 2.09. The van der Waals surface area contributed by atoms with E-state index in [4.69, 9.17) is 0 Å². The Bertz CT molecular complexity index is 276. The van der Waals surface area contributed by atoms with E-state index in [0.29, 0.717) is 6.04 Å². The van der Waals surface area contributed by atoms with Gasteiger partial charge < -0.3 is 5.32 Å². The first-order chi connectivity index (χ1) is 6.84. The summed E-state index contributed by atoms with van der Waals surface area (Å²) in [5.41, 5.74) is 1.43. The number of benzene rings is 1. The molecule has 1 unspecified atom stereocenters. The van der Waals surface area contributed by atoms with Crippen LogP contribution in [0.4, 0.5) is 0 Å². The molecule has 1 aliphatic heterocycles. The second kappa shape index (κ2) is 5.09. The molecule has 0 aliphatic carbocycles. The molecule has 0 radical (unpaired) electrons. The predicted octanol–water partition coefficient (Wildman–Crippen LogP) is 1.85. The summed E-state index contributed by atoms with van der Waals surface area (Å²) in [7, 11) is 0. The molecule has 2 rings (SSSR count). The zero-order valence-electron chi connectivity index (χ0n) is 8.12. The molecule has 0 amide bonds. The molecule has 0 saturated carbocycles. The van der Waals surface area contributed by atoms with Gasteiger partial charge in [-0.25, -0.2) is 3.11 Å². The van der Waals surface area contributed by atoms with Crippen molar-refractivity contribution in [2.24, 2.45) is 0 Å². The lowest BCUT2D eigenvalue weighted by Crippen LogP contribution is -2.47. The average molecular weight is 302 g/mol. The first-order valence-corrected chi connectivity index (χ1v) is 5.99. The normalized spacial score (nSPS) is 23.6. The van der Waals surface area contributed by atoms with E-state index < -0.39 is 0 Å². The van der Waals surface area contributed by atoms with Gasteiger partial charge in [0.25, 0.3) is 0 Å². The Hall–Kier alpha value is -0.130. The van der Waals surface area contributed by atoms with Gasteiger partial charge in [-0.1, -0.05) is 30.3 Å². The molecule has 0 spiro atoms. The number of halogens is 1. The first-order valence-electron chi connectivity index (χ1n) is 5.02. The molecule has 1 aromatic rings. The molecule has 0 bridgehead atoms. The van der Waals surface area contributed by atoms with Crippen LogP contribution in [0.1, 0.15) is 5.56 Å². The van der Waals surface area contributed by atoms with E-state index in [1.807, 2.05) is 0 Å². The monoisotopic (exact) mass is 302 g/mol. The summed E-state index contributed by atoms with van der Waals surface area (Å²) in [6.45, 7) is 3.42. The minimum absolute atomic E-state index is 0.614. The Morgan fingerprint density at radius 1 is 1.36 bits per heavy atom. The van der Waals surface area contributed by atoms with Crippen molar-refractivity contribution in [1.82, 2.24) is 8.43 Å². The van der Waals surface area contributed by atoms with Crippen LogP contribution in [0.3, 0.4) is 0 Å². The van der Waals surface area contributed by atoms with Gasteiger partial charge in [0.05, 0.1) is 0 Å². The SMILES string of the molecule is IN1CCNC(Cc2ccccc2)C1. The molecule has 1 fully saturated rings. The standard InChI is InChI=1S/C11H15IN2/c12-14-7-6-13-11(9-14)8-10-4-2-1-3-5-10/h1-5,11,13H,6-9H2. The van der Waals surface area contributed by atoms with Gasteiger partial charge in [0, 0.05) is 48.5 Å². The maximum absolute atomic E-state index is 3.55. The van der Waals surface area contributed by atoms with Crippen molar-refractivity contribution in [3.05, 3.63) is 35.9 Å². The van der Waals surface area contributed by atoms with Crippen molar-refractivity contribution >= 4 is 22.9 Å². The van der Waals surface area contributed by atoms with Crippen molar-refractivity contribution < 1.29 is 0 Å². The lowest BCUT2D eigenvalue weighted by atomic mass is 10.1. The molecular weight excluding hydrogens is 287 g/mol. The minimum atomic E-state index is 0.614. The number of hydrogen-bond acceptors (Lipinski definition) is 2. The Balaban J connectivity index is 1.91. The molecule has 1 N–H and O–H groups in total. The quantitative estimate of drug-likeness (QED) is 0.662. The molecule has 0 aromatic heterocycles. The van der Waals surface area contributed by atoms with Gasteiger partial charge in [-0.05, 0) is 12.0 Å². The molecule has 2 nitrogen and oxygen atoms in total. The number of rotatable bonds is 2. The van der Waals surface area contributed by atoms with Crippen molar-refractivity contribution in [2.45, 2.75) is 12.5 Å². The maximum atomic E-state index is 3.55. The molecule has 3 heteroatoms. The molecule has 1 aromatic carbocycles. The topological polar surface area (TPSA) is 15.3 Å². The van der Waals surface area contributed by atoms with E-state index in [-0.39, 0.29) is 0 Å². The fraction of sp³-hybridized carbons (Fsp3) is 0.455. The summed E-state index contributed by atoms with van der Waals surface area (Å²) in [6, 6.07) is 11.3. The van der Waals surface area contributed by atoms with E-state index in [1.54, 1.807) is 0 Å². The number of nitrogens with one attached hydrogen (secondary N) is 1. The highest BCUT2D eigenvalue weighted by atomic mass is 127. The first kappa shape index (κ1) is 10.4. The van der Waals surface area contributed by atoms with Gasteiger partial charge in [-0.15, -0.1) is 0 Å². The Kier molecular flexibility index (Phi) is 3.78. The number of piperazine rings is 1. The summed E-state index contributed by atoms with van der Waals surface area (Å²) in [5, 5.41) is 3.55. The van der Waals surface area contributed by atoms with Crippen LogP contribution in [-0.2, 0) is 6.42 Å². The zero-order valence-corrected chi connectivity index (χ0v) is 10.3. The van der Waals surface area contributed by atoms with Crippen LogP contribution in [0.15, 0.2) is 30.3 Å². The molecular formula is C11H15IN2.